The van der Waals surface area contributed by atoms with Crippen LogP contribution in [0, 0.1) is 28.6 Å². The fraction of sp³-hybridized carbons (Fsp3) is 0.895. The molecule has 0 amide bonds. The highest BCUT2D eigenvalue weighted by molar-refractivity contribution is 5.24. The van der Waals surface area contributed by atoms with Gasteiger partial charge in [-0.15, -0.1) is 0 Å². The lowest BCUT2D eigenvalue weighted by Gasteiger charge is -2.58. The zero-order chi connectivity index (χ0) is 14.5. The van der Waals surface area contributed by atoms with Gasteiger partial charge in [0.1, 0.15) is 0 Å². The van der Waals surface area contributed by atoms with Gasteiger partial charge in [0.25, 0.3) is 0 Å². The Kier molecular flexibility index (Phi) is 3.56. The minimum Gasteiger partial charge on any atom is -0.393 e. The van der Waals surface area contributed by atoms with Crippen molar-refractivity contribution in [3.05, 3.63) is 11.6 Å². The maximum Gasteiger partial charge on any atom is 0.0577 e. The molecule has 2 saturated carbocycles. The summed E-state index contributed by atoms with van der Waals surface area (Å²) in [6.45, 7) is 9.91. The van der Waals surface area contributed by atoms with Crippen molar-refractivity contribution in [1.82, 2.24) is 0 Å². The summed E-state index contributed by atoms with van der Waals surface area (Å²) in [5, 5.41) is 9.99. The SMILES string of the molecule is CCC1(C)CCC2C(CC=C3CC(O)CCC32C)C1C. The van der Waals surface area contributed by atoms with E-state index < -0.39 is 0 Å². The van der Waals surface area contributed by atoms with Gasteiger partial charge in [-0.1, -0.05) is 45.8 Å². The number of aliphatic hydroxyl groups excluding tert-OH is 1. The standard InChI is InChI=1S/C19H32O/c1-5-18(3)10-9-17-16(13(18)2)7-6-14-12-15(20)8-11-19(14,17)4/h6,13,15-17,20H,5,7-12H2,1-4H3. The minimum absolute atomic E-state index is 0.0761. The van der Waals surface area contributed by atoms with Gasteiger partial charge < -0.3 is 5.11 Å². The first-order chi connectivity index (χ1) is 9.40. The monoisotopic (exact) mass is 276 g/mol. The Morgan fingerprint density at radius 2 is 2.00 bits per heavy atom. The Bertz CT molecular complexity index is 412. The molecule has 1 nitrogen and oxygen atoms in total. The van der Waals surface area contributed by atoms with Gasteiger partial charge in [0, 0.05) is 0 Å². The molecular weight excluding hydrogens is 244 g/mol. The number of allylic oxidation sites excluding steroid dienone is 1. The van der Waals surface area contributed by atoms with Crippen LogP contribution in [0.1, 0.15) is 72.6 Å². The van der Waals surface area contributed by atoms with E-state index in [1.54, 1.807) is 5.57 Å². The van der Waals surface area contributed by atoms with Crippen molar-refractivity contribution in [1.29, 1.82) is 0 Å². The molecule has 0 saturated heterocycles. The van der Waals surface area contributed by atoms with Crippen LogP contribution in [0.4, 0.5) is 0 Å². The van der Waals surface area contributed by atoms with Gasteiger partial charge in [0.15, 0.2) is 0 Å². The summed E-state index contributed by atoms with van der Waals surface area (Å²) in [5.41, 5.74) is 2.53. The van der Waals surface area contributed by atoms with E-state index in [0.29, 0.717) is 10.8 Å². The zero-order valence-electron chi connectivity index (χ0n) is 13.8. The van der Waals surface area contributed by atoms with E-state index in [1.807, 2.05) is 0 Å². The number of aliphatic hydroxyl groups is 1. The van der Waals surface area contributed by atoms with E-state index >= 15 is 0 Å². The quantitative estimate of drug-likeness (QED) is 0.672. The van der Waals surface area contributed by atoms with Crippen LogP contribution in [0.25, 0.3) is 0 Å². The zero-order valence-corrected chi connectivity index (χ0v) is 13.8. The number of hydrogen-bond donors (Lipinski definition) is 1. The van der Waals surface area contributed by atoms with Gasteiger partial charge in [-0.25, -0.2) is 0 Å². The van der Waals surface area contributed by atoms with Gasteiger partial charge in [-0.2, -0.15) is 0 Å². The van der Waals surface area contributed by atoms with E-state index in [1.165, 1.54) is 32.1 Å². The first-order valence-corrected chi connectivity index (χ1v) is 8.78. The highest BCUT2D eigenvalue weighted by Crippen LogP contribution is 2.61. The molecule has 3 rings (SSSR count). The predicted octanol–water partition coefficient (Wildman–Crippen LogP) is 4.95. The molecule has 6 atom stereocenters. The first-order valence-electron chi connectivity index (χ1n) is 8.78. The molecule has 1 heteroatoms. The minimum atomic E-state index is -0.0761. The molecule has 0 aromatic carbocycles. The molecule has 20 heavy (non-hydrogen) atoms. The molecule has 1 N–H and O–H groups in total. The first kappa shape index (κ1) is 14.6. The Morgan fingerprint density at radius 3 is 2.70 bits per heavy atom. The molecule has 114 valence electrons. The molecule has 2 fully saturated rings. The topological polar surface area (TPSA) is 20.2 Å². The van der Waals surface area contributed by atoms with E-state index in [-0.39, 0.29) is 6.10 Å². The third kappa shape index (κ3) is 2.00. The van der Waals surface area contributed by atoms with Crippen molar-refractivity contribution in [3.8, 4) is 0 Å². The van der Waals surface area contributed by atoms with Crippen LogP contribution >= 0.6 is 0 Å². The Morgan fingerprint density at radius 1 is 1.25 bits per heavy atom. The molecule has 0 heterocycles. The summed E-state index contributed by atoms with van der Waals surface area (Å²) in [6.07, 6.45) is 11.0. The van der Waals surface area contributed by atoms with Crippen LogP contribution < -0.4 is 0 Å². The van der Waals surface area contributed by atoms with Crippen molar-refractivity contribution in [3.63, 3.8) is 0 Å². The Hall–Kier alpha value is -0.300. The van der Waals surface area contributed by atoms with Crippen molar-refractivity contribution in [2.24, 2.45) is 28.6 Å². The molecule has 0 aliphatic heterocycles. The Balaban J connectivity index is 1.90. The van der Waals surface area contributed by atoms with E-state index in [2.05, 4.69) is 33.8 Å². The van der Waals surface area contributed by atoms with Crippen molar-refractivity contribution < 1.29 is 5.11 Å². The summed E-state index contributed by atoms with van der Waals surface area (Å²) in [4.78, 5) is 0. The average molecular weight is 276 g/mol. The van der Waals surface area contributed by atoms with Crippen molar-refractivity contribution >= 4 is 0 Å². The fourth-order valence-electron chi connectivity index (χ4n) is 5.68. The maximum absolute atomic E-state index is 9.99. The van der Waals surface area contributed by atoms with Gasteiger partial charge >= 0.3 is 0 Å². The second kappa shape index (κ2) is 4.87. The van der Waals surface area contributed by atoms with Crippen LogP contribution in [0.2, 0.25) is 0 Å². The lowest BCUT2D eigenvalue weighted by molar-refractivity contribution is -0.0445. The van der Waals surface area contributed by atoms with Crippen LogP contribution in [-0.4, -0.2) is 11.2 Å². The predicted molar refractivity (Wildman–Crippen MR) is 84.4 cm³/mol. The molecule has 0 radical (unpaired) electrons. The molecule has 0 aromatic rings. The highest BCUT2D eigenvalue weighted by atomic mass is 16.3. The van der Waals surface area contributed by atoms with E-state index in [0.717, 1.165) is 30.6 Å². The molecule has 6 unspecified atom stereocenters. The molecule has 3 aliphatic rings. The van der Waals surface area contributed by atoms with Crippen LogP contribution in [0.15, 0.2) is 11.6 Å². The number of rotatable bonds is 1. The second-order valence-electron chi connectivity index (χ2n) is 8.38. The van der Waals surface area contributed by atoms with Gasteiger partial charge in [0.05, 0.1) is 6.10 Å². The van der Waals surface area contributed by atoms with Gasteiger partial charge in [-0.3, -0.25) is 0 Å². The highest BCUT2D eigenvalue weighted by Gasteiger charge is 2.52. The maximum atomic E-state index is 9.99. The summed E-state index contributed by atoms with van der Waals surface area (Å²) in [5.74, 6) is 2.58. The summed E-state index contributed by atoms with van der Waals surface area (Å²) >= 11 is 0. The number of hydrogen-bond acceptors (Lipinski definition) is 1. The fourth-order valence-corrected chi connectivity index (χ4v) is 5.68. The van der Waals surface area contributed by atoms with Crippen molar-refractivity contribution in [2.75, 3.05) is 0 Å². The largest absolute Gasteiger partial charge is 0.393 e. The number of fused-ring (bicyclic) bond motifs is 3. The second-order valence-corrected chi connectivity index (χ2v) is 8.38. The smallest absolute Gasteiger partial charge is 0.0577 e. The van der Waals surface area contributed by atoms with Crippen LogP contribution in [-0.2, 0) is 0 Å². The molecule has 0 bridgehead atoms. The molecule has 0 spiro atoms. The van der Waals surface area contributed by atoms with Crippen LogP contribution in [0.3, 0.4) is 0 Å². The third-order valence-corrected chi connectivity index (χ3v) is 7.73. The summed E-state index contributed by atoms with van der Waals surface area (Å²) < 4.78 is 0. The normalized spacial score (nSPS) is 52.0. The Labute approximate surface area is 124 Å². The lowest BCUT2D eigenvalue weighted by atomic mass is 9.47. The van der Waals surface area contributed by atoms with Crippen LogP contribution in [0.5, 0.6) is 0 Å². The van der Waals surface area contributed by atoms with E-state index in [4.69, 9.17) is 0 Å². The average Bonchev–Trinajstić information content (AvgIpc) is 2.43. The molecular formula is C19H32O. The summed E-state index contributed by atoms with van der Waals surface area (Å²) in [6, 6.07) is 0. The molecule has 0 aromatic heterocycles. The summed E-state index contributed by atoms with van der Waals surface area (Å²) in [7, 11) is 0. The van der Waals surface area contributed by atoms with Gasteiger partial charge in [-0.05, 0) is 67.1 Å². The van der Waals surface area contributed by atoms with E-state index in [9.17, 15) is 5.11 Å². The third-order valence-electron chi connectivity index (χ3n) is 7.73. The molecule has 3 aliphatic carbocycles. The van der Waals surface area contributed by atoms with Gasteiger partial charge in [0.2, 0.25) is 0 Å². The lowest BCUT2D eigenvalue weighted by Crippen LogP contribution is -2.49. The van der Waals surface area contributed by atoms with Crippen molar-refractivity contribution in [2.45, 2.75) is 78.7 Å².